The topological polar surface area (TPSA) is 119 Å². The normalized spacial score (nSPS) is 24.9. The van der Waals surface area contributed by atoms with Crippen molar-refractivity contribution in [2.75, 3.05) is 50.8 Å². The van der Waals surface area contributed by atoms with Crippen LogP contribution in [0.5, 0.6) is 11.8 Å². The Hall–Kier alpha value is -4.61. The van der Waals surface area contributed by atoms with Gasteiger partial charge in [-0.05, 0) is 75.2 Å². The zero-order valence-electron chi connectivity index (χ0n) is 30.0. The van der Waals surface area contributed by atoms with Crippen molar-refractivity contribution < 1.29 is 37.6 Å². The summed E-state index contributed by atoms with van der Waals surface area (Å²) in [5.41, 5.74) is -0.314. The van der Waals surface area contributed by atoms with Crippen molar-refractivity contribution in [3.8, 4) is 35.2 Å². The lowest BCUT2D eigenvalue weighted by molar-refractivity contribution is 0.0665. The Labute approximate surface area is 310 Å². The second-order valence-electron chi connectivity index (χ2n) is 15.5. The molecular weight excluding hydrogens is 699 g/mol. The van der Waals surface area contributed by atoms with Crippen molar-refractivity contribution in [1.82, 2.24) is 19.8 Å². The van der Waals surface area contributed by atoms with E-state index in [-0.39, 0.29) is 70.2 Å². The second kappa shape index (κ2) is 13.3. The van der Waals surface area contributed by atoms with Gasteiger partial charge in [0, 0.05) is 61.0 Å². The van der Waals surface area contributed by atoms with Gasteiger partial charge in [-0.2, -0.15) is 9.97 Å². The Kier molecular flexibility index (Phi) is 8.65. The third-order valence-corrected chi connectivity index (χ3v) is 12.2. The molecular formula is C41H42F3N5O5. The predicted molar refractivity (Wildman–Crippen MR) is 198 cm³/mol. The largest absolute Gasteiger partial charge is 0.508 e. The summed E-state index contributed by atoms with van der Waals surface area (Å²) in [4.78, 5) is 16.4. The van der Waals surface area contributed by atoms with E-state index in [1.54, 1.807) is 13.0 Å². The number of anilines is 1. The smallest absolute Gasteiger partial charge is 0.319 e. The number of terminal acetylenes is 1. The fourth-order valence-corrected chi connectivity index (χ4v) is 9.80. The molecule has 4 aliphatic heterocycles. The number of aromatic nitrogens is 2. The van der Waals surface area contributed by atoms with E-state index < -0.39 is 29.4 Å². The molecule has 0 saturated carbocycles. The number of aromatic hydroxyl groups is 1. The van der Waals surface area contributed by atoms with Gasteiger partial charge in [-0.1, -0.05) is 12.0 Å². The quantitative estimate of drug-likeness (QED) is 0.160. The Bertz CT molecular complexity index is 2330. The number of halogens is 3. The number of furan rings is 1. The van der Waals surface area contributed by atoms with E-state index in [4.69, 9.17) is 25.5 Å². The van der Waals surface area contributed by atoms with Crippen LogP contribution in [0.3, 0.4) is 0 Å². The van der Waals surface area contributed by atoms with E-state index >= 15 is 8.78 Å². The lowest BCUT2D eigenvalue weighted by Crippen LogP contribution is -2.54. The maximum Gasteiger partial charge on any atom is 0.319 e. The molecule has 0 amide bonds. The number of benzene rings is 3. The molecule has 9 rings (SSSR count). The Morgan fingerprint density at radius 2 is 1.91 bits per heavy atom. The van der Waals surface area contributed by atoms with Crippen LogP contribution in [0.25, 0.3) is 43.8 Å². The van der Waals surface area contributed by atoms with Crippen molar-refractivity contribution in [2.45, 2.75) is 75.3 Å². The van der Waals surface area contributed by atoms with Gasteiger partial charge in [0.2, 0.25) is 0 Å². The van der Waals surface area contributed by atoms with Crippen LogP contribution in [0.2, 0.25) is 0 Å². The van der Waals surface area contributed by atoms with Crippen LogP contribution >= 0.6 is 0 Å². The molecule has 5 aromatic rings. The van der Waals surface area contributed by atoms with Gasteiger partial charge in [-0.15, -0.1) is 6.42 Å². The molecule has 10 nitrogen and oxygen atoms in total. The van der Waals surface area contributed by atoms with Crippen molar-refractivity contribution in [2.24, 2.45) is 0 Å². The van der Waals surface area contributed by atoms with Crippen LogP contribution in [0.15, 0.2) is 34.7 Å². The molecule has 3 aromatic carbocycles. The Balaban J connectivity index is 1.23. The van der Waals surface area contributed by atoms with Gasteiger partial charge in [-0.25, -0.2) is 13.2 Å². The first-order valence-electron chi connectivity index (χ1n) is 18.7. The molecule has 0 radical (unpaired) electrons. The number of aliphatic hydroxyl groups excluding tert-OH is 2. The molecule has 4 fully saturated rings. The number of phenolic OH excluding ortho intramolecular Hbond substituents is 1. The van der Waals surface area contributed by atoms with Crippen LogP contribution in [0.4, 0.5) is 19.0 Å². The fraction of sp³-hybridized carbons (Fsp3) is 0.463. The summed E-state index contributed by atoms with van der Waals surface area (Å²) in [6, 6.07) is 7.54. The average molecular weight is 742 g/mol. The molecule has 0 aliphatic carbocycles. The summed E-state index contributed by atoms with van der Waals surface area (Å²) in [7, 11) is 0. The van der Waals surface area contributed by atoms with Crippen molar-refractivity contribution in [3.63, 3.8) is 0 Å². The minimum atomic E-state index is -0.959. The summed E-state index contributed by atoms with van der Waals surface area (Å²) in [6.07, 6.45) is 8.43. The van der Waals surface area contributed by atoms with Crippen LogP contribution in [-0.2, 0) is 0 Å². The highest BCUT2D eigenvalue weighted by atomic mass is 19.1. The maximum atomic E-state index is 17.7. The van der Waals surface area contributed by atoms with E-state index in [9.17, 15) is 19.7 Å². The first kappa shape index (κ1) is 35.1. The van der Waals surface area contributed by atoms with Crippen LogP contribution in [0.1, 0.15) is 49.8 Å². The molecule has 0 spiro atoms. The molecule has 4 saturated heterocycles. The molecule has 2 bridgehead atoms. The number of hydrogen-bond donors (Lipinski definition) is 3. The lowest BCUT2D eigenvalue weighted by atomic mass is 9.91. The third kappa shape index (κ3) is 5.65. The number of phenols is 1. The van der Waals surface area contributed by atoms with Gasteiger partial charge >= 0.3 is 6.01 Å². The zero-order valence-corrected chi connectivity index (χ0v) is 30.0. The first-order valence-corrected chi connectivity index (χ1v) is 18.7. The molecule has 4 aliphatic rings. The molecule has 1 unspecified atom stereocenters. The number of piperazine rings is 1. The van der Waals surface area contributed by atoms with E-state index in [0.29, 0.717) is 66.8 Å². The number of hydrogen-bond acceptors (Lipinski definition) is 10. The number of aliphatic hydroxyl groups is 2. The molecule has 13 heteroatoms. The average Bonchev–Trinajstić information content (AvgIpc) is 3.87. The molecule has 2 aromatic heterocycles. The second-order valence-corrected chi connectivity index (χ2v) is 15.5. The molecule has 3 N–H and O–H groups in total. The Morgan fingerprint density at radius 3 is 2.67 bits per heavy atom. The SMILES string of the molecule is C#Cc1c(F)ccc2cc(O)cc(-c3c(F)c4nc(OC[C@@]56CCCN5C[C@H](F)C6)nc(N5C[C@H]6CC[C@@H](C5)N6CCC(O)CO)c4c4cc(C)oc34)c12. The maximum absolute atomic E-state index is 17.7. The molecule has 54 heavy (non-hydrogen) atoms. The number of fused-ring (bicyclic) bond motifs is 7. The van der Waals surface area contributed by atoms with Crippen molar-refractivity contribution >= 4 is 38.5 Å². The molecule has 282 valence electrons. The number of alkyl halides is 1. The van der Waals surface area contributed by atoms with Gasteiger partial charge < -0.3 is 29.4 Å². The Morgan fingerprint density at radius 1 is 1.11 bits per heavy atom. The van der Waals surface area contributed by atoms with E-state index in [2.05, 4.69) is 20.6 Å². The highest BCUT2D eigenvalue weighted by Gasteiger charge is 2.49. The minimum absolute atomic E-state index is 0.0341. The van der Waals surface area contributed by atoms with Gasteiger partial charge in [0.25, 0.3) is 0 Å². The zero-order chi connectivity index (χ0) is 37.5. The van der Waals surface area contributed by atoms with Crippen LogP contribution in [0, 0.1) is 30.9 Å². The van der Waals surface area contributed by atoms with Gasteiger partial charge in [0.1, 0.15) is 47.0 Å². The standard InChI is InChI=1S/C41H42F3N5O5/c1-3-29-32(43)8-5-23-14-28(52)15-30(33(23)29)34-36(44)37-35(31-13-22(2)54-38(31)34)39(47-18-25-6-7-26(19-47)49(25)12-9-27(51)20-50)46-40(45-37)53-21-41-10-4-11-48(41)17-24(42)16-41/h1,5,8,13-15,24-27,50-52H,4,6-7,9-12,16-21H2,2H3/t24-,25-,26+,27?,41+/m1/s1. The summed E-state index contributed by atoms with van der Waals surface area (Å²) in [5, 5.41) is 32.0. The molecule has 6 heterocycles. The predicted octanol–water partition coefficient (Wildman–Crippen LogP) is 5.82. The third-order valence-electron chi connectivity index (χ3n) is 12.2. The fourth-order valence-electron chi connectivity index (χ4n) is 9.80. The van der Waals surface area contributed by atoms with Crippen LogP contribution in [-0.4, -0.2) is 111 Å². The summed E-state index contributed by atoms with van der Waals surface area (Å²) in [6.45, 7) is 4.52. The van der Waals surface area contributed by atoms with Gasteiger partial charge in [0.15, 0.2) is 5.82 Å². The van der Waals surface area contributed by atoms with Crippen LogP contribution < -0.4 is 9.64 Å². The minimum Gasteiger partial charge on any atom is -0.508 e. The van der Waals surface area contributed by atoms with E-state index in [0.717, 1.165) is 32.2 Å². The number of rotatable bonds is 9. The van der Waals surface area contributed by atoms with E-state index in [1.807, 2.05) is 0 Å². The summed E-state index contributed by atoms with van der Waals surface area (Å²) < 4.78 is 60.3. The highest BCUT2D eigenvalue weighted by Crippen LogP contribution is 2.47. The monoisotopic (exact) mass is 741 g/mol. The van der Waals surface area contributed by atoms with E-state index in [1.165, 1.54) is 24.3 Å². The van der Waals surface area contributed by atoms with Gasteiger partial charge in [0.05, 0.1) is 34.8 Å². The first-order chi connectivity index (χ1) is 26.1. The molecule has 5 atom stereocenters. The number of ether oxygens (including phenoxy) is 1. The summed E-state index contributed by atoms with van der Waals surface area (Å²) >= 11 is 0. The lowest BCUT2D eigenvalue weighted by Gasteiger charge is -2.42. The number of nitrogens with zero attached hydrogens (tertiary/aromatic N) is 5. The van der Waals surface area contributed by atoms with Crippen molar-refractivity contribution in [3.05, 3.63) is 53.3 Å². The van der Waals surface area contributed by atoms with Gasteiger partial charge in [-0.3, -0.25) is 9.80 Å². The number of aryl methyl sites for hydroxylation is 1. The highest BCUT2D eigenvalue weighted by molar-refractivity contribution is 6.18. The summed E-state index contributed by atoms with van der Waals surface area (Å²) in [5.74, 6) is 1.78. The van der Waals surface area contributed by atoms with Crippen molar-refractivity contribution in [1.29, 1.82) is 0 Å².